The molecule has 0 bridgehead atoms. The number of piperidine rings is 1. The van der Waals surface area contributed by atoms with Crippen molar-refractivity contribution in [3.05, 3.63) is 90.0 Å². The number of pyridine rings is 2. The maximum Gasteiger partial charge on any atom is 0.251 e. The van der Waals surface area contributed by atoms with Gasteiger partial charge in [-0.05, 0) is 54.4 Å². The molecule has 7 nitrogen and oxygen atoms in total. The van der Waals surface area contributed by atoms with Crippen LogP contribution in [-0.4, -0.2) is 45.9 Å². The van der Waals surface area contributed by atoms with E-state index in [1.54, 1.807) is 30.7 Å². The standard InChI is InChI=1S/C26H28N4O3/c31-25(8-7-20-9-14-27-15-10-20)30-16-11-23(12-17-30)33-24-6-3-4-21(18-24)26(32)29-19-22-5-1-2-13-28-22/h1-6,9-10,13-15,18,23H,7-8,11-12,16-17,19H2,(H,29,32). The van der Waals surface area contributed by atoms with E-state index in [0.29, 0.717) is 37.4 Å². The normalized spacial score (nSPS) is 14.0. The summed E-state index contributed by atoms with van der Waals surface area (Å²) in [6.07, 6.45) is 8.02. The van der Waals surface area contributed by atoms with Gasteiger partial charge in [0.15, 0.2) is 0 Å². The lowest BCUT2D eigenvalue weighted by Gasteiger charge is -2.32. The Kier molecular flexibility index (Phi) is 7.64. The molecule has 1 saturated heterocycles. The van der Waals surface area contributed by atoms with Crippen LogP contribution in [0.15, 0.2) is 73.2 Å². The highest BCUT2D eigenvalue weighted by Crippen LogP contribution is 2.21. The Labute approximate surface area is 193 Å². The van der Waals surface area contributed by atoms with Gasteiger partial charge < -0.3 is 15.0 Å². The van der Waals surface area contributed by atoms with E-state index in [1.807, 2.05) is 47.4 Å². The molecule has 4 rings (SSSR count). The predicted octanol–water partition coefficient (Wildman–Crippen LogP) is 3.41. The first kappa shape index (κ1) is 22.5. The molecule has 3 heterocycles. The average molecular weight is 445 g/mol. The molecule has 170 valence electrons. The first-order valence-corrected chi connectivity index (χ1v) is 11.3. The zero-order valence-corrected chi connectivity index (χ0v) is 18.5. The molecule has 0 radical (unpaired) electrons. The van der Waals surface area contributed by atoms with Gasteiger partial charge in [0.2, 0.25) is 5.91 Å². The fourth-order valence-corrected chi connectivity index (χ4v) is 3.86. The van der Waals surface area contributed by atoms with Crippen LogP contribution < -0.4 is 10.1 Å². The highest BCUT2D eigenvalue weighted by atomic mass is 16.5. The van der Waals surface area contributed by atoms with Crippen molar-refractivity contribution in [1.29, 1.82) is 0 Å². The number of benzene rings is 1. The van der Waals surface area contributed by atoms with E-state index in [2.05, 4.69) is 15.3 Å². The molecule has 2 aromatic heterocycles. The molecular formula is C26H28N4O3. The summed E-state index contributed by atoms with van der Waals surface area (Å²) in [4.78, 5) is 35.2. The number of carbonyl (C=O) groups excluding carboxylic acids is 2. The quantitative estimate of drug-likeness (QED) is 0.576. The summed E-state index contributed by atoms with van der Waals surface area (Å²) in [5.74, 6) is 0.681. The third-order valence-electron chi connectivity index (χ3n) is 5.73. The van der Waals surface area contributed by atoms with Crippen LogP contribution in [0.25, 0.3) is 0 Å². The van der Waals surface area contributed by atoms with Gasteiger partial charge in [-0.3, -0.25) is 19.6 Å². The summed E-state index contributed by atoms with van der Waals surface area (Å²) in [7, 11) is 0. The number of rotatable bonds is 8. The van der Waals surface area contributed by atoms with E-state index in [9.17, 15) is 9.59 Å². The van der Waals surface area contributed by atoms with E-state index in [-0.39, 0.29) is 17.9 Å². The maximum atomic E-state index is 12.5. The number of aromatic nitrogens is 2. The number of nitrogens with one attached hydrogen (secondary N) is 1. The van der Waals surface area contributed by atoms with Crippen molar-refractivity contribution < 1.29 is 14.3 Å². The van der Waals surface area contributed by atoms with Crippen molar-refractivity contribution in [2.24, 2.45) is 0 Å². The van der Waals surface area contributed by atoms with Gasteiger partial charge >= 0.3 is 0 Å². The first-order valence-electron chi connectivity index (χ1n) is 11.3. The van der Waals surface area contributed by atoms with Gasteiger partial charge in [0, 0.05) is 56.5 Å². The van der Waals surface area contributed by atoms with Gasteiger partial charge in [0.1, 0.15) is 11.9 Å². The SMILES string of the molecule is O=C(NCc1ccccn1)c1cccc(OC2CCN(C(=O)CCc3ccncc3)CC2)c1. The summed E-state index contributed by atoms with van der Waals surface area (Å²) in [6.45, 7) is 1.74. The minimum atomic E-state index is -0.166. The van der Waals surface area contributed by atoms with Crippen molar-refractivity contribution in [2.75, 3.05) is 13.1 Å². The monoisotopic (exact) mass is 444 g/mol. The lowest BCUT2D eigenvalue weighted by atomic mass is 10.1. The number of nitrogens with zero attached hydrogens (tertiary/aromatic N) is 3. The summed E-state index contributed by atoms with van der Waals surface area (Å²) in [6, 6.07) is 16.7. The van der Waals surface area contributed by atoms with Crippen LogP contribution in [0.5, 0.6) is 5.75 Å². The molecule has 1 aromatic carbocycles. The molecule has 0 atom stereocenters. The Bertz CT molecular complexity index is 1050. The number of likely N-dealkylation sites (tertiary alicyclic amines) is 1. The second-order valence-corrected chi connectivity index (χ2v) is 8.09. The average Bonchev–Trinajstić information content (AvgIpc) is 2.87. The highest BCUT2D eigenvalue weighted by molar-refractivity contribution is 5.94. The highest BCUT2D eigenvalue weighted by Gasteiger charge is 2.24. The van der Waals surface area contributed by atoms with E-state index in [0.717, 1.165) is 30.5 Å². The van der Waals surface area contributed by atoms with Gasteiger partial charge in [0.25, 0.3) is 5.91 Å². The molecule has 2 amide bonds. The minimum Gasteiger partial charge on any atom is -0.490 e. The number of ether oxygens (including phenoxy) is 1. The molecule has 1 N–H and O–H groups in total. The Balaban J connectivity index is 1.23. The second kappa shape index (κ2) is 11.2. The van der Waals surface area contributed by atoms with Gasteiger partial charge in [-0.1, -0.05) is 12.1 Å². The van der Waals surface area contributed by atoms with Gasteiger partial charge in [-0.2, -0.15) is 0 Å². The zero-order chi connectivity index (χ0) is 22.9. The topological polar surface area (TPSA) is 84.4 Å². The predicted molar refractivity (Wildman–Crippen MR) is 125 cm³/mol. The fourth-order valence-electron chi connectivity index (χ4n) is 3.86. The lowest BCUT2D eigenvalue weighted by molar-refractivity contribution is -0.132. The molecular weight excluding hydrogens is 416 g/mol. The first-order chi connectivity index (χ1) is 16.2. The molecule has 0 saturated carbocycles. The van der Waals surface area contributed by atoms with Crippen LogP contribution in [-0.2, 0) is 17.8 Å². The Morgan fingerprint density at radius 3 is 2.58 bits per heavy atom. The largest absolute Gasteiger partial charge is 0.490 e. The molecule has 0 aliphatic carbocycles. The molecule has 33 heavy (non-hydrogen) atoms. The molecule has 0 unspecified atom stereocenters. The van der Waals surface area contributed by atoms with Crippen molar-refractivity contribution >= 4 is 11.8 Å². The summed E-state index contributed by atoms with van der Waals surface area (Å²) >= 11 is 0. The van der Waals surface area contributed by atoms with Gasteiger partial charge in [-0.15, -0.1) is 0 Å². The van der Waals surface area contributed by atoms with Crippen molar-refractivity contribution in [3.63, 3.8) is 0 Å². The van der Waals surface area contributed by atoms with Crippen molar-refractivity contribution in [1.82, 2.24) is 20.2 Å². The number of hydrogen-bond donors (Lipinski definition) is 1. The zero-order valence-electron chi connectivity index (χ0n) is 18.5. The Hall–Kier alpha value is -3.74. The number of amides is 2. The Morgan fingerprint density at radius 2 is 1.82 bits per heavy atom. The summed E-state index contributed by atoms with van der Waals surface area (Å²) in [5.41, 5.74) is 2.48. The van der Waals surface area contributed by atoms with E-state index < -0.39 is 0 Å². The molecule has 1 aliphatic rings. The smallest absolute Gasteiger partial charge is 0.251 e. The Morgan fingerprint density at radius 1 is 1.00 bits per heavy atom. The van der Waals surface area contributed by atoms with Crippen LogP contribution in [0, 0.1) is 0 Å². The molecule has 0 spiro atoms. The minimum absolute atomic E-state index is 0.0288. The number of hydrogen-bond acceptors (Lipinski definition) is 5. The van der Waals surface area contributed by atoms with Crippen LogP contribution in [0.3, 0.4) is 0 Å². The molecule has 1 fully saturated rings. The van der Waals surface area contributed by atoms with Crippen molar-refractivity contribution in [3.8, 4) is 5.75 Å². The van der Waals surface area contributed by atoms with Crippen LogP contribution in [0.4, 0.5) is 0 Å². The molecule has 7 heteroatoms. The van der Waals surface area contributed by atoms with E-state index in [1.165, 1.54) is 0 Å². The summed E-state index contributed by atoms with van der Waals surface area (Å²) in [5, 5.41) is 2.88. The van der Waals surface area contributed by atoms with Crippen molar-refractivity contribution in [2.45, 2.75) is 38.3 Å². The summed E-state index contributed by atoms with van der Waals surface area (Å²) < 4.78 is 6.13. The molecule has 3 aromatic rings. The number of aryl methyl sites for hydroxylation is 1. The fraction of sp³-hybridized carbons (Fsp3) is 0.308. The van der Waals surface area contributed by atoms with Gasteiger partial charge in [-0.25, -0.2) is 0 Å². The van der Waals surface area contributed by atoms with E-state index in [4.69, 9.17) is 4.74 Å². The lowest BCUT2D eigenvalue weighted by Crippen LogP contribution is -2.41. The van der Waals surface area contributed by atoms with Crippen LogP contribution >= 0.6 is 0 Å². The van der Waals surface area contributed by atoms with Crippen LogP contribution in [0.1, 0.15) is 40.9 Å². The van der Waals surface area contributed by atoms with Gasteiger partial charge in [0.05, 0.1) is 12.2 Å². The third kappa shape index (κ3) is 6.62. The van der Waals surface area contributed by atoms with E-state index >= 15 is 0 Å². The number of carbonyl (C=O) groups is 2. The maximum absolute atomic E-state index is 12.5. The second-order valence-electron chi connectivity index (χ2n) is 8.09. The molecule has 1 aliphatic heterocycles. The van der Waals surface area contributed by atoms with Crippen LogP contribution in [0.2, 0.25) is 0 Å². The third-order valence-corrected chi connectivity index (χ3v) is 5.73.